The smallest absolute Gasteiger partial charge is 0.332 e. The number of nitrogens with one attached hydrogen (secondary N) is 1. The molecule has 2 amide bonds. The van der Waals surface area contributed by atoms with Crippen molar-refractivity contribution in [1.82, 2.24) is 14.0 Å². The molecule has 2 saturated heterocycles. The van der Waals surface area contributed by atoms with E-state index in [-0.39, 0.29) is 15.5 Å². The van der Waals surface area contributed by atoms with Crippen LogP contribution in [0.5, 0.6) is 0 Å². The van der Waals surface area contributed by atoms with Crippen molar-refractivity contribution in [3.05, 3.63) is 47.5 Å². The normalized spacial score (nSPS) is 19.2. The van der Waals surface area contributed by atoms with Gasteiger partial charge in [0.05, 0.1) is 15.5 Å². The number of hydrogen-bond donors (Lipinski definition) is 2. The van der Waals surface area contributed by atoms with Crippen LogP contribution in [0.15, 0.2) is 51.3 Å². The number of carbonyl (C=O) groups excluding carboxylic acids is 1. The van der Waals surface area contributed by atoms with E-state index in [1.165, 1.54) is 8.61 Å². The van der Waals surface area contributed by atoms with Crippen LogP contribution in [0.4, 0.5) is 4.79 Å². The van der Waals surface area contributed by atoms with E-state index in [0.717, 1.165) is 51.4 Å². The number of primary amides is 1. The number of rotatable bonds is 5. The summed E-state index contributed by atoms with van der Waals surface area (Å²) in [6.07, 6.45) is 7.29. The third kappa shape index (κ3) is 5.09. The average Bonchev–Trinajstić information content (AvgIpc) is 3.18. The average molecular weight is 560 g/mol. The summed E-state index contributed by atoms with van der Waals surface area (Å²) in [5.41, 5.74) is 10.2. The lowest BCUT2D eigenvalue weighted by Crippen LogP contribution is -2.32. The molecule has 3 N–H and O–H groups in total. The largest absolute Gasteiger partial charge is 0.350 e. The molecule has 2 aromatic rings. The molecule has 2 heterocycles. The number of urea groups is 1. The highest BCUT2D eigenvalue weighted by Gasteiger charge is 2.33. The highest BCUT2D eigenvalue weighted by molar-refractivity contribution is 7.89. The summed E-state index contributed by atoms with van der Waals surface area (Å²) in [5, 5.41) is 4.18. The van der Waals surface area contributed by atoms with Crippen molar-refractivity contribution < 1.29 is 21.6 Å². The molecule has 0 saturated carbocycles. The molecule has 10 nitrogen and oxygen atoms in total. The maximum absolute atomic E-state index is 13.5. The Kier molecular flexibility index (Phi) is 7.58. The quantitative estimate of drug-likeness (QED) is 0.462. The Morgan fingerprint density at radius 1 is 0.658 bits per heavy atom. The van der Waals surface area contributed by atoms with Crippen LogP contribution in [-0.4, -0.2) is 63.4 Å². The monoisotopic (exact) mass is 559 g/mol. The van der Waals surface area contributed by atoms with E-state index in [4.69, 9.17) is 5.73 Å². The molecule has 38 heavy (non-hydrogen) atoms. The molecule has 0 bridgehead atoms. The number of hydrogen-bond acceptors (Lipinski definition) is 6. The van der Waals surface area contributed by atoms with Crippen molar-refractivity contribution in [2.75, 3.05) is 26.2 Å². The third-order valence-corrected chi connectivity index (χ3v) is 11.3. The van der Waals surface area contributed by atoms with Crippen LogP contribution < -0.4 is 11.2 Å². The van der Waals surface area contributed by atoms with E-state index >= 15 is 0 Å². The lowest BCUT2D eigenvalue weighted by molar-refractivity contribution is 0.249. The minimum Gasteiger partial charge on any atom is -0.350 e. The lowest BCUT2D eigenvalue weighted by atomic mass is 10.1. The SMILES string of the molecule is NC(=O)NN=C1c2cc(S(=O)(=O)N3CCCCCC3)ccc2-c2ccc(S(=O)(=O)N3CCCCCC3)cc21. The fourth-order valence-corrected chi connectivity index (χ4v) is 8.56. The van der Waals surface area contributed by atoms with Gasteiger partial charge < -0.3 is 5.73 Å². The van der Waals surface area contributed by atoms with Crippen LogP contribution >= 0.6 is 0 Å². The van der Waals surface area contributed by atoms with Gasteiger partial charge in [0, 0.05) is 37.3 Å². The van der Waals surface area contributed by atoms with Gasteiger partial charge in [-0.1, -0.05) is 37.8 Å². The van der Waals surface area contributed by atoms with Crippen LogP contribution in [0.1, 0.15) is 62.5 Å². The Morgan fingerprint density at radius 2 is 1.05 bits per heavy atom. The first kappa shape index (κ1) is 26.8. The second-order valence-electron chi connectivity index (χ2n) is 9.99. The molecule has 3 aliphatic rings. The van der Waals surface area contributed by atoms with Crippen molar-refractivity contribution in [3.8, 4) is 11.1 Å². The van der Waals surface area contributed by atoms with Crippen LogP contribution in [0.2, 0.25) is 0 Å². The zero-order valence-corrected chi connectivity index (χ0v) is 22.9. The Labute approximate surface area is 224 Å². The zero-order valence-electron chi connectivity index (χ0n) is 21.2. The second kappa shape index (κ2) is 10.8. The number of benzene rings is 2. The van der Waals surface area contributed by atoms with Gasteiger partial charge in [0.2, 0.25) is 20.0 Å². The minimum absolute atomic E-state index is 0.134. The van der Waals surface area contributed by atoms with Gasteiger partial charge in [-0.05, 0) is 61.1 Å². The summed E-state index contributed by atoms with van der Waals surface area (Å²) in [5.74, 6) is 0. The van der Waals surface area contributed by atoms with Gasteiger partial charge >= 0.3 is 6.03 Å². The topological polar surface area (TPSA) is 142 Å². The number of sulfonamides is 2. The van der Waals surface area contributed by atoms with E-state index in [9.17, 15) is 21.6 Å². The Bertz CT molecular complexity index is 1370. The third-order valence-electron chi connectivity index (χ3n) is 7.47. The number of amides is 2. The van der Waals surface area contributed by atoms with Gasteiger partial charge in [-0.25, -0.2) is 27.1 Å². The van der Waals surface area contributed by atoms with E-state index < -0.39 is 26.1 Å². The maximum atomic E-state index is 13.5. The molecule has 204 valence electrons. The lowest BCUT2D eigenvalue weighted by Gasteiger charge is -2.20. The summed E-state index contributed by atoms with van der Waals surface area (Å²) in [4.78, 5) is 11.8. The minimum atomic E-state index is -3.73. The number of nitrogens with zero attached hydrogens (tertiary/aromatic N) is 3. The van der Waals surface area contributed by atoms with Gasteiger partial charge in [-0.2, -0.15) is 13.7 Å². The number of nitrogens with two attached hydrogens (primary N) is 1. The number of hydrazone groups is 1. The summed E-state index contributed by atoms with van der Waals surface area (Å²) in [6, 6.07) is 8.82. The molecule has 2 aromatic carbocycles. The van der Waals surface area contributed by atoms with E-state index in [1.54, 1.807) is 36.4 Å². The zero-order chi connectivity index (χ0) is 26.9. The second-order valence-corrected chi connectivity index (χ2v) is 13.9. The van der Waals surface area contributed by atoms with Crippen molar-refractivity contribution in [2.24, 2.45) is 10.8 Å². The van der Waals surface area contributed by atoms with Gasteiger partial charge in [-0.3, -0.25) is 0 Å². The molecule has 0 aromatic heterocycles. The first-order valence-electron chi connectivity index (χ1n) is 13.1. The van der Waals surface area contributed by atoms with Crippen molar-refractivity contribution in [2.45, 2.75) is 61.2 Å². The van der Waals surface area contributed by atoms with Crippen molar-refractivity contribution in [3.63, 3.8) is 0 Å². The predicted octanol–water partition coefficient (Wildman–Crippen LogP) is 3.22. The van der Waals surface area contributed by atoms with Gasteiger partial charge in [0.15, 0.2) is 0 Å². The maximum Gasteiger partial charge on any atom is 0.332 e. The fraction of sp³-hybridized carbons (Fsp3) is 0.462. The van der Waals surface area contributed by atoms with Crippen LogP contribution in [0.3, 0.4) is 0 Å². The molecule has 0 radical (unpaired) electrons. The summed E-state index contributed by atoms with van der Waals surface area (Å²) < 4.78 is 57.0. The van der Waals surface area contributed by atoms with Crippen molar-refractivity contribution in [1.29, 1.82) is 0 Å². The van der Waals surface area contributed by atoms with Crippen LogP contribution in [-0.2, 0) is 20.0 Å². The Hall–Kier alpha value is -2.80. The molecular weight excluding hydrogens is 526 g/mol. The molecule has 12 heteroatoms. The van der Waals surface area contributed by atoms with E-state index in [0.29, 0.717) is 48.4 Å². The standard InChI is InChI=1S/C26H33N5O5S2/c27-26(32)29-28-25-23-17-19(37(33,34)30-13-5-1-2-6-14-30)9-11-21(23)22-12-10-20(18-24(22)25)38(35,36)31-15-7-3-4-8-16-31/h9-12,17-18H,1-8,13-16H2,(H3,27,29,32). The van der Waals surface area contributed by atoms with E-state index in [1.807, 2.05) is 0 Å². The predicted molar refractivity (Wildman–Crippen MR) is 145 cm³/mol. The fourth-order valence-electron chi connectivity index (χ4n) is 5.47. The van der Waals surface area contributed by atoms with Gasteiger partial charge in [0.1, 0.15) is 0 Å². The number of carbonyl (C=O) groups is 1. The van der Waals surface area contributed by atoms with Gasteiger partial charge in [0.25, 0.3) is 0 Å². The van der Waals surface area contributed by atoms with E-state index in [2.05, 4.69) is 10.5 Å². The van der Waals surface area contributed by atoms with Crippen molar-refractivity contribution >= 4 is 31.8 Å². The summed E-state index contributed by atoms with van der Waals surface area (Å²) >= 11 is 0. The van der Waals surface area contributed by atoms with Crippen LogP contribution in [0, 0.1) is 0 Å². The molecule has 0 atom stereocenters. The highest BCUT2D eigenvalue weighted by atomic mass is 32.2. The molecule has 5 rings (SSSR count). The first-order chi connectivity index (χ1) is 18.2. The summed E-state index contributed by atoms with van der Waals surface area (Å²) in [6.45, 7) is 1.90. The molecule has 0 unspecified atom stereocenters. The first-order valence-corrected chi connectivity index (χ1v) is 16.0. The molecule has 0 spiro atoms. The Balaban J connectivity index is 1.57. The summed E-state index contributed by atoms with van der Waals surface area (Å²) in [7, 11) is -7.47. The van der Waals surface area contributed by atoms with Gasteiger partial charge in [-0.15, -0.1) is 0 Å². The van der Waals surface area contributed by atoms with Crippen LogP contribution in [0.25, 0.3) is 11.1 Å². The molecule has 2 aliphatic heterocycles. The highest BCUT2D eigenvalue weighted by Crippen LogP contribution is 2.40. The molecule has 1 aliphatic carbocycles. The molecule has 2 fully saturated rings. The Morgan fingerprint density at radius 3 is 1.42 bits per heavy atom. The number of fused-ring (bicyclic) bond motifs is 3. The molecular formula is C26H33N5O5S2.